The molecule has 0 aliphatic heterocycles. The van der Waals surface area contributed by atoms with E-state index in [-0.39, 0.29) is 16.2 Å². The number of carbonyl (C=O) groups excluding carboxylic acids is 1. The zero-order chi connectivity index (χ0) is 21.1. The number of rotatable bonds is 6. The molecular formula is C18H21N3O6S. The third kappa shape index (κ3) is 5.28. The van der Waals surface area contributed by atoms with Gasteiger partial charge < -0.3 is 20.7 Å². The van der Waals surface area contributed by atoms with E-state index < -0.39 is 33.9 Å². The van der Waals surface area contributed by atoms with Crippen molar-refractivity contribution >= 4 is 21.7 Å². The van der Waals surface area contributed by atoms with Gasteiger partial charge in [0.2, 0.25) is 0 Å². The van der Waals surface area contributed by atoms with Crippen LogP contribution in [0, 0.1) is 5.41 Å². The summed E-state index contributed by atoms with van der Waals surface area (Å²) in [5, 5.41) is 28.4. The highest BCUT2D eigenvalue weighted by Crippen LogP contribution is 2.31. The van der Waals surface area contributed by atoms with Crippen molar-refractivity contribution in [3.63, 3.8) is 0 Å². The normalized spacial score (nSPS) is 13.4. The van der Waals surface area contributed by atoms with E-state index in [1.807, 2.05) is 0 Å². The monoisotopic (exact) mass is 407 g/mol. The van der Waals surface area contributed by atoms with Crippen LogP contribution in [0.3, 0.4) is 0 Å². The Balaban J connectivity index is 2.35. The second-order valence-electron chi connectivity index (χ2n) is 6.16. The summed E-state index contributed by atoms with van der Waals surface area (Å²) in [6.07, 6.45) is -1.03. The number of aliphatic hydroxyl groups excluding tert-OH is 2. The summed E-state index contributed by atoms with van der Waals surface area (Å²) in [5.74, 6) is -0.982. The molecule has 150 valence electrons. The highest BCUT2D eigenvalue weighted by molar-refractivity contribution is 7.90. The van der Waals surface area contributed by atoms with Gasteiger partial charge in [-0.15, -0.1) is 0 Å². The summed E-state index contributed by atoms with van der Waals surface area (Å²) in [4.78, 5) is 11.7. The summed E-state index contributed by atoms with van der Waals surface area (Å²) in [7, 11) is -3.73. The van der Waals surface area contributed by atoms with Crippen LogP contribution >= 0.6 is 0 Å². The Hall–Kier alpha value is -2.95. The molecular weight excluding hydrogens is 386 g/mol. The lowest BCUT2D eigenvalue weighted by Gasteiger charge is -2.15. The number of benzene rings is 2. The van der Waals surface area contributed by atoms with Crippen LogP contribution in [0.4, 0.5) is 0 Å². The minimum absolute atomic E-state index is 0.00150. The number of nitrogens with one attached hydrogen (secondary N) is 2. The highest BCUT2D eigenvalue weighted by Gasteiger charge is 2.19. The zero-order valence-electron chi connectivity index (χ0n) is 15.2. The van der Waals surface area contributed by atoms with Gasteiger partial charge in [-0.3, -0.25) is 15.5 Å². The third-order valence-electron chi connectivity index (χ3n) is 3.76. The molecule has 0 spiro atoms. The van der Waals surface area contributed by atoms with Gasteiger partial charge in [0.05, 0.1) is 6.10 Å². The maximum atomic E-state index is 12.1. The first kappa shape index (κ1) is 21.4. The lowest BCUT2D eigenvalue weighted by atomic mass is 10.1. The molecule has 28 heavy (non-hydrogen) atoms. The second-order valence-corrected chi connectivity index (χ2v) is 8.14. The minimum Gasteiger partial charge on any atom is -0.456 e. The van der Waals surface area contributed by atoms with Gasteiger partial charge in [-0.2, -0.15) is 0 Å². The molecule has 0 saturated carbocycles. The smallest absolute Gasteiger partial charge is 0.257 e. The number of sulfone groups is 1. The van der Waals surface area contributed by atoms with Gasteiger partial charge in [-0.05, 0) is 42.8 Å². The first-order chi connectivity index (χ1) is 13.0. The van der Waals surface area contributed by atoms with E-state index in [4.69, 9.17) is 15.9 Å². The fraction of sp³-hybridized carbons (Fsp3) is 0.222. The predicted octanol–water partition coefficient (Wildman–Crippen LogP) is 0.920. The molecule has 9 nitrogen and oxygen atoms in total. The predicted molar refractivity (Wildman–Crippen MR) is 102 cm³/mol. The van der Waals surface area contributed by atoms with Crippen molar-refractivity contribution in [3.05, 3.63) is 53.6 Å². The van der Waals surface area contributed by atoms with E-state index in [9.17, 15) is 23.4 Å². The molecule has 1 amide bonds. The molecule has 2 aromatic carbocycles. The van der Waals surface area contributed by atoms with Crippen molar-refractivity contribution in [2.45, 2.75) is 24.0 Å². The molecule has 0 saturated heterocycles. The van der Waals surface area contributed by atoms with Crippen LogP contribution in [0.15, 0.2) is 47.4 Å². The first-order valence-electron chi connectivity index (χ1n) is 8.12. The van der Waals surface area contributed by atoms with Gasteiger partial charge in [-0.25, -0.2) is 8.42 Å². The SMILES string of the molecule is C[C@@H](O)[C@H](O)c1ccc(Oc2ccc(C(=O)NC(=N)N)cc2S(C)(=O)=O)cc1. The maximum Gasteiger partial charge on any atom is 0.257 e. The van der Waals surface area contributed by atoms with E-state index in [2.05, 4.69) is 5.32 Å². The molecule has 10 heteroatoms. The van der Waals surface area contributed by atoms with Gasteiger partial charge in [0.25, 0.3) is 5.91 Å². The third-order valence-corrected chi connectivity index (χ3v) is 4.88. The molecule has 2 aromatic rings. The molecule has 0 unspecified atom stereocenters. The van der Waals surface area contributed by atoms with Crippen LogP contribution in [0.5, 0.6) is 11.5 Å². The number of guanidine groups is 1. The molecule has 2 rings (SSSR count). The van der Waals surface area contributed by atoms with Crippen molar-refractivity contribution in [2.75, 3.05) is 6.26 Å². The Morgan fingerprint density at radius 1 is 1.18 bits per heavy atom. The molecule has 0 heterocycles. The van der Waals surface area contributed by atoms with Crippen LogP contribution in [0.2, 0.25) is 0 Å². The molecule has 0 fully saturated rings. The van der Waals surface area contributed by atoms with Crippen LogP contribution in [-0.4, -0.2) is 42.9 Å². The summed E-state index contributed by atoms with van der Waals surface area (Å²) >= 11 is 0. The fourth-order valence-electron chi connectivity index (χ4n) is 2.36. The number of carbonyl (C=O) groups is 1. The Morgan fingerprint density at radius 3 is 2.29 bits per heavy atom. The molecule has 0 aliphatic carbocycles. The van der Waals surface area contributed by atoms with Gasteiger partial charge in [-0.1, -0.05) is 12.1 Å². The molecule has 0 aromatic heterocycles. The molecule has 6 N–H and O–H groups in total. The lowest BCUT2D eigenvalue weighted by molar-refractivity contribution is 0.0305. The molecule has 0 bridgehead atoms. The van der Waals surface area contributed by atoms with Gasteiger partial charge in [0.15, 0.2) is 15.8 Å². The number of amides is 1. The maximum absolute atomic E-state index is 12.1. The van der Waals surface area contributed by atoms with Crippen LogP contribution in [-0.2, 0) is 9.84 Å². The second kappa shape index (κ2) is 8.38. The first-order valence-corrected chi connectivity index (χ1v) is 10.0. The molecule has 0 radical (unpaired) electrons. The van der Waals surface area contributed by atoms with Gasteiger partial charge in [0, 0.05) is 11.8 Å². The summed E-state index contributed by atoms with van der Waals surface area (Å²) < 4.78 is 29.9. The van der Waals surface area contributed by atoms with E-state index in [0.29, 0.717) is 11.3 Å². The average molecular weight is 407 g/mol. The van der Waals surface area contributed by atoms with E-state index in [1.54, 1.807) is 12.1 Å². The van der Waals surface area contributed by atoms with Gasteiger partial charge in [0.1, 0.15) is 22.5 Å². The molecule has 2 atom stereocenters. The number of ether oxygens (including phenoxy) is 1. The number of hydrogen-bond acceptors (Lipinski definition) is 7. The van der Waals surface area contributed by atoms with Crippen molar-refractivity contribution in [3.8, 4) is 11.5 Å². The number of nitrogens with two attached hydrogens (primary N) is 1. The zero-order valence-corrected chi connectivity index (χ0v) is 16.0. The Bertz CT molecular complexity index is 987. The highest BCUT2D eigenvalue weighted by atomic mass is 32.2. The Morgan fingerprint density at radius 2 is 1.79 bits per heavy atom. The van der Waals surface area contributed by atoms with Crippen molar-refractivity contribution in [1.29, 1.82) is 5.41 Å². The summed E-state index contributed by atoms with van der Waals surface area (Å²) in [5.41, 5.74) is 5.59. The Labute approximate surface area is 162 Å². The van der Waals surface area contributed by atoms with Gasteiger partial charge >= 0.3 is 0 Å². The van der Waals surface area contributed by atoms with Crippen molar-refractivity contribution in [1.82, 2.24) is 5.32 Å². The minimum atomic E-state index is -3.73. The lowest BCUT2D eigenvalue weighted by Crippen LogP contribution is -2.35. The molecule has 0 aliphatic rings. The number of hydrogen-bond donors (Lipinski definition) is 5. The largest absolute Gasteiger partial charge is 0.456 e. The number of aliphatic hydroxyl groups is 2. The topological polar surface area (TPSA) is 163 Å². The van der Waals surface area contributed by atoms with E-state index >= 15 is 0 Å². The average Bonchev–Trinajstić information content (AvgIpc) is 2.60. The van der Waals surface area contributed by atoms with Crippen molar-refractivity contribution in [2.24, 2.45) is 5.73 Å². The van der Waals surface area contributed by atoms with Crippen LogP contribution in [0.25, 0.3) is 0 Å². The quantitative estimate of drug-likeness (QED) is 0.351. The standard InChI is InChI=1S/C18H21N3O6S/c1-10(22)16(23)11-3-6-13(7-4-11)27-14-8-5-12(17(24)21-18(19)20)9-15(14)28(2,25)26/h3-10,16,22-23H,1-2H3,(H4,19,20,21,24)/t10-,16+/m1/s1. The van der Waals surface area contributed by atoms with Crippen molar-refractivity contribution < 1.29 is 28.2 Å². The van der Waals surface area contributed by atoms with Crippen LogP contribution in [0.1, 0.15) is 28.9 Å². The van der Waals surface area contributed by atoms with Crippen LogP contribution < -0.4 is 15.8 Å². The van der Waals surface area contributed by atoms with E-state index in [1.165, 1.54) is 31.2 Å². The van der Waals surface area contributed by atoms with E-state index in [0.717, 1.165) is 12.3 Å². The Kier molecular flexibility index (Phi) is 6.39. The summed E-state index contributed by atoms with van der Waals surface area (Å²) in [6, 6.07) is 9.92. The fourth-order valence-corrected chi connectivity index (χ4v) is 3.17. The summed E-state index contributed by atoms with van der Waals surface area (Å²) in [6.45, 7) is 1.46.